The Morgan fingerprint density at radius 1 is 1.56 bits per heavy atom. The fraction of sp³-hybridized carbons (Fsp3) is 0.444. The van der Waals surface area contributed by atoms with Crippen LogP contribution in [0.1, 0.15) is 16.9 Å². The number of nitrogens with zero attached hydrogens (tertiary/aromatic N) is 2. The van der Waals surface area contributed by atoms with Crippen molar-refractivity contribution >= 4 is 28.3 Å². The smallest absolute Gasteiger partial charge is 0.355 e. The largest absolute Gasteiger partial charge is 0.476 e. The molecule has 1 aliphatic heterocycles. The van der Waals surface area contributed by atoms with Crippen LogP contribution in [-0.4, -0.2) is 41.6 Å². The highest BCUT2D eigenvalue weighted by atomic mass is 32.1. The molecule has 1 saturated heterocycles. The summed E-state index contributed by atoms with van der Waals surface area (Å²) in [5.74, 6) is -0.996. The molecule has 1 amide bonds. The Labute approximate surface area is 95.9 Å². The first-order valence-electron chi connectivity index (χ1n) is 4.87. The molecule has 2 rings (SSSR count). The zero-order valence-electron chi connectivity index (χ0n) is 8.47. The number of carboxylic acid groups (broad SMARTS) is 1. The summed E-state index contributed by atoms with van der Waals surface area (Å²) >= 11 is 1.29. The van der Waals surface area contributed by atoms with Crippen molar-refractivity contribution in [2.24, 2.45) is 0 Å². The van der Waals surface area contributed by atoms with E-state index in [2.05, 4.69) is 10.3 Å². The fourth-order valence-electron chi connectivity index (χ4n) is 1.47. The van der Waals surface area contributed by atoms with Crippen molar-refractivity contribution < 1.29 is 14.7 Å². The van der Waals surface area contributed by atoms with Gasteiger partial charge in [-0.2, -0.15) is 0 Å². The number of carbonyl (C=O) groups is 2. The summed E-state index contributed by atoms with van der Waals surface area (Å²) in [7, 11) is 0. The van der Waals surface area contributed by atoms with E-state index in [1.807, 2.05) is 4.90 Å². The lowest BCUT2D eigenvalue weighted by Crippen LogP contribution is -2.28. The lowest BCUT2D eigenvalue weighted by molar-refractivity contribution is -0.120. The van der Waals surface area contributed by atoms with E-state index < -0.39 is 5.97 Å². The summed E-state index contributed by atoms with van der Waals surface area (Å²) in [5, 5.41) is 13.7. The Morgan fingerprint density at radius 3 is 3.06 bits per heavy atom. The maximum atomic E-state index is 11.1. The molecule has 0 aliphatic carbocycles. The Balaban J connectivity index is 2.10. The van der Waals surface area contributed by atoms with Crippen LogP contribution in [0, 0.1) is 0 Å². The van der Waals surface area contributed by atoms with E-state index in [4.69, 9.17) is 5.11 Å². The van der Waals surface area contributed by atoms with Crippen molar-refractivity contribution in [3.8, 4) is 0 Å². The predicted molar refractivity (Wildman–Crippen MR) is 58.9 cm³/mol. The van der Waals surface area contributed by atoms with Crippen LogP contribution in [-0.2, 0) is 4.79 Å². The van der Waals surface area contributed by atoms with Crippen molar-refractivity contribution in [1.82, 2.24) is 10.3 Å². The van der Waals surface area contributed by atoms with Gasteiger partial charge in [0.1, 0.15) is 0 Å². The van der Waals surface area contributed by atoms with Gasteiger partial charge < -0.3 is 15.3 Å². The second-order valence-corrected chi connectivity index (χ2v) is 4.24. The summed E-state index contributed by atoms with van der Waals surface area (Å²) in [6.45, 7) is 1.82. The van der Waals surface area contributed by atoms with E-state index in [1.165, 1.54) is 16.7 Å². The third-order valence-corrected chi connectivity index (χ3v) is 3.20. The zero-order chi connectivity index (χ0) is 11.5. The molecule has 1 aromatic heterocycles. The average molecular weight is 241 g/mol. The molecule has 0 bridgehead atoms. The van der Waals surface area contributed by atoms with Crippen molar-refractivity contribution in [1.29, 1.82) is 0 Å². The number of aromatic nitrogens is 1. The van der Waals surface area contributed by atoms with Crippen LogP contribution in [0.3, 0.4) is 0 Å². The van der Waals surface area contributed by atoms with Crippen molar-refractivity contribution in [3.63, 3.8) is 0 Å². The standard InChI is InChI=1S/C9H11N3O3S/c13-7-1-3-12(4-2-10-7)9-11-6(5-16-9)8(14)15/h5H,1-4H2,(H,10,13)(H,14,15). The molecule has 0 atom stereocenters. The first kappa shape index (κ1) is 10.9. The number of nitrogens with one attached hydrogen (secondary N) is 1. The summed E-state index contributed by atoms with van der Waals surface area (Å²) in [6, 6.07) is 0. The number of rotatable bonds is 2. The number of hydrogen-bond acceptors (Lipinski definition) is 5. The van der Waals surface area contributed by atoms with E-state index in [-0.39, 0.29) is 11.6 Å². The average Bonchev–Trinajstić information content (AvgIpc) is 2.63. The van der Waals surface area contributed by atoms with E-state index in [0.29, 0.717) is 31.2 Å². The minimum Gasteiger partial charge on any atom is -0.476 e. The van der Waals surface area contributed by atoms with Gasteiger partial charge in [-0.1, -0.05) is 0 Å². The van der Waals surface area contributed by atoms with Gasteiger partial charge in [0.2, 0.25) is 5.91 Å². The molecule has 2 N–H and O–H groups in total. The highest BCUT2D eigenvalue weighted by molar-refractivity contribution is 7.13. The number of carbonyl (C=O) groups excluding carboxylic acids is 1. The van der Waals surface area contributed by atoms with E-state index in [1.54, 1.807) is 0 Å². The first-order valence-corrected chi connectivity index (χ1v) is 5.75. The summed E-state index contributed by atoms with van der Waals surface area (Å²) in [4.78, 5) is 27.7. The zero-order valence-corrected chi connectivity index (χ0v) is 9.29. The Bertz CT molecular complexity index is 418. The number of aromatic carboxylic acids is 1. The van der Waals surface area contributed by atoms with Crippen molar-refractivity contribution in [2.45, 2.75) is 6.42 Å². The van der Waals surface area contributed by atoms with E-state index in [9.17, 15) is 9.59 Å². The van der Waals surface area contributed by atoms with Crippen LogP contribution in [0.2, 0.25) is 0 Å². The van der Waals surface area contributed by atoms with Crippen LogP contribution in [0.5, 0.6) is 0 Å². The molecule has 0 spiro atoms. The normalized spacial score (nSPS) is 16.8. The fourth-order valence-corrected chi connectivity index (χ4v) is 2.32. The van der Waals surface area contributed by atoms with Gasteiger partial charge in [-0.3, -0.25) is 4.79 Å². The van der Waals surface area contributed by atoms with Crippen LogP contribution in [0.15, 0.2) is 5.38 Å². The lowest BCUT2D eigenvalue weighted by Gasteiger charge is -2.17. The molecule has 0 saturated carbocycles. The third-order valence-electron chi connectivity index (χ3n) is 2.29. The van der Waals surface area contributed by atoms with Gasteiger partial charge in [0.25, 0.3) is 0 Å². The third kappa shape index (κ3) is 2.30. The molecule has 0 radical (unpaired) electrons. The molecule has 0 unspecified atom stereocenters. The summed E-state index contributed by atoms with van der Waals surface area (Å²) in [5.41, 5.74) is 0.0588. The maximum Gasteiger partial charge on any atom is 0.355 e. The van der Waals surface area contributed by atoms with Gasteiger partial charge in [-0.15, -0.1) is 11.3 Å². The van der Waals surface area contributed by atoms with Gasteiger partial charge in [0, 0.05) is 31.4 Å². The van der Waals surface area contributed by atoms with Crippen molar-refractivity contribution in [3.05, 3.63) is 11.1 Å². The van der Waals surface area contributed by atoms with Crippen molar-refractivity contribution in [2.75, 3.05) is 24.5 Å². The summed E-state index contributed by atoms with van der Waals surface area (Å²) < 4.78 is 0. The summed E-state index contributed by atoms with van der Waals surface area (Å²) in [6.07, 6.45) is 0.419. The quantitative estimate of drug-likeness (QED) is 0.771. The number of amides is 1. The Morgan fingerprint density at radius 2 is 2.38 bits per heavy atom. The predicted octanol–water partition coefficient (Wildman–Crippen LogP) is 0.168. The minimum atomic E-state index is -1.02. The SMILES string of the molecule is O=C1CCN(c2nc(C(=O)O)cs2)CCN1. The monoisotopic (exact) mass is 241 g/mol. The number of carboxylic acids is 1. The number of anilines is 1. The van der Waals surface area contributed by atoms with Crippen LogP contribution in [0.25, 0.3) is 0 Å². The highest BCUT2D eigenvalue weighted by Crippen LogP contribution is 2.21. The Hall–Kier alpha value is -1.63. The van der Waals surface area contributed by atoms with E-state index in [0.717, 1.165) is 0 Å². The van der Waals surface area contributed by atoms with Gasteiger partial charge in [-0.05, 0) is 0 Å². The molecule has 16 heavy (non-hydrogen) atoms. The maximum absolute atomic E-state index is 11.1. The number of thiazole rings is 1. The molecular weight excluding hydrogens is 230 g/mol. The Kier molecular flexibility index (Phi) is 3.04. The first-order chi connectivity index (χ1) is 7.66. The van der Waals surface area contributed by atoms with Crippen LogP contribution in [0.4, 0.5) is 5.13 Å². The molecule has 1 aliphatic rings. The topological polar surface area (TPSA) is 82.5 Å². The molecule has 86 valence electrons. The molecule has 6 nitrogen and oxygen atoms in total. The molecule has 2 heterocycles. The molecular formula is C9H11N3O3S. The van der Waals surface area contributed by atoms with Gasteiger partial charge in [-0.25, -0.2) is 9.78 Å². The molecule has 7 heteroatoms. The molecule has 1 fully saturated rings. The van der Waals surface area contributed by atoms with Gasteiger partial charge >= 0.3 is 5.97 Å². The second kappa shape index (κ2) is 4.48. The van der Waals surface area contributed by atoms with Crippen LogP contribution < -0.4 is 10.2 Å². The molecule has 0 aromatic carbocycles. The minimum absolute atomic E-state index is 0.0255. The van der Waals surface area contributed by atoms with Gasteiger partial charge in [0.05, 0.1) is 0 Å². The van der Waals surface area contributed by atoms with E-state index >= 15 is 0 Å². The van der Waals surface area contributed by atoms with Crippen LogP contribution >= 0.6 is 11.3 Å². The lowest BCUT2D eigenvalue weighted by atomic mass is 10.4. The van der Waals surface area contributed by atoms with Gasteiger partial charge in [0.15, 0.2) is 10.8 Å². The number of hydrogen-bond donors (Lipinski definition) is 2. The highest BCUT2D eigenvalue weighted by Gasteiger charge is 2.17. The molecule has 1 aromatic rings. The second-order valence-electron chi connectivity index (χ2n) is 3.41.